The molecule has 0 unspecified atom stereocenters. The van der Waals surface area contributed by atoms with Crippen molar-refractivity contribution in [2.75, 3.05) is 6.61 Å². The lowest BCUT2D eigenvalue weighted by atomic mass is 10.1. The van der Waals surface area contributed by atoms with E-state index in [4.69, 9.17) is 4.74 Å². The summed E-state index contributed by atoms with van der Waals surface area (Å²) in [6.45, 7) is 3.66. The summed E-state index contributed by atoms with van der Waals surface area (Å²) in [5.41, 5.74) is 7.51. The lowest BCUT2D eigenvalue weighted by molar-refractivity contribution is -0.128. The molecule has 2 N–H and O–H groups in total. The Labute approximate surface area is 160 Å². The van der Waals surface area contributed by atoms with Crippen LogP contribution in [0.1, 0.15) is 16.1 Å². The minimum atomic E-state index is -0.450. The summed E-state index contributed by atoms with van der Waals surface area (Å²) in [6.07, 6.45) is 2.93. The van der Waals surface area contributed by atoms with Gasteiger partial charge in [-0.3, -0.25) is 20.4 Å². The molecule has 0 aliphatic heterocycles. The van der Waals surface area contributed by atoms with Gasteiger partial charge in [0.2, 0.25) is 0 Å². The number of aryl methyl sites for hydroxylation is 2. The number of hydrogen-bond donors (Lipinski definition) is 2. The van der Waals surface area contributed by atoms with Crippen molar-refractivity contribution in [2.45, 2.75) is 13.8 Å². The van der Waals surface area contributed by atoms with Crippen LogP contribution in [0.25, 0.3) is 16.3 Å². The molecule has 27 heavy (non-hydrogen) atoms. The van der Waals surface area contributed by atoms with Crippen LogP contribution >= 0.6 is 11.3 Å². The number of aromatic nitrogens is 1. The average Bonchev–Trinajstić information content (AvgIpc) is 3.08. The summed E-state index contributed by atoms with van der Waals surface area (Å²) >= 11 is 1.49. The first kappa shape index (κ1) is 18.6. The minimum Gasteiger partial charge on any atom is -0.483 e. The molecule has 0 aliphatic carbocycles. The van der Waals surface area contributed by atoms with E-state index in [1.807, 2.05) is 56.3 Å². The molecule has 2 amide bonds. The van der Waals surface area contributed by atoms with Crippen molar-refractivity contribution >= 4 is 39.4 Å². The highest BCUT2D eigenvalue weighted by Crippen LogP contribution is 2.22. The number of hydrogen-bond acceptors (Lipinski definition) is 5. The van der Waals surface area contributed by atoms with Gasteiger partial charge in [-0.05, 0) is 49.2 Å². The van der Waals surface area contributed by atoms with Gasteiger partial charge < -0.3 is 4.74 Å². The molecular weight excluding hydrogens is 362 g/mol. The maximum Gasteiger partial charge on any atom is 0.276 e. The maximum absolute atomic E-state index is 11.8. The van der Waals surface area contributed by atoms with Crippen molar-refractivity contribution in [3.05, 3.63) is 64.7 Å². The highest BCUT2D eigenvalue weighted by molar-refractivity contribution is 7.19. The number of fused-ring (bicyclic) bond motifs is 1. The topological polar surface area (TPSA) is 80.3 Å². The first-order valence-electron chi connectivity index (χ1n) is 8.34. The molecule has 1 heterocycles. The number of carbonyl (C=O) groups excluding carboxylic acids is 2. The number of amides is 2. The van der Waals surface area contributed by atoms with Gasteiger partial charge in [0.1, 0.15) is 10.8 Å². The molecule has 3 rings (SSSR count). The number of carbonyl (C=O) groups is 2. The second-order valence-electron chi connectivity index (χ2n) is 5.95. The van der Waals surface area contributed by atoms with Gasteiger partial charge in [-0.25, -0.2) is 4.98 Å². The van der Waals surface area contributed by atoms with Crippen LogP contribution in [-0.2, 0) is 9.59 Å². The van der Waals surface area contributed by atoms with Gasteiger partial charge in [0.05, 0.1) is 10.2 Å². The second kappa shape index (κ2) is 8.46. The summed E-state index contributed by atoms with van der Waals surface area (Å²) in [4.78, 5) is 28.1. The minimum absolute atomic E-state index is 0.188. The van der Waals surface area contributed by atoms with Crippen LogP contribution in [0.2, 0.25) is 0 Å². The second-order valence-corrected chi connectivity index (χ2v) is 7.01. The van der Waals surface area contributed by atoms with Crippen molar-refractivity contribution in [2.24, 2.45) is 0 Å². The van der Waals surface area contributed by atoms with Gasteiger partial charge >= 0.3 is 0 Å². The Morgan fingerprint density at radius 2 is 1.96 bits per heavy atom. The van der Waals surface area contributed by atoms with Crippen LogP contribution in [0.4, 0.5) is 0 Å². The third kappa shape index (κ3) is 5.15. The highest BCUT2D eigenvalue weighted by atomic mass is 32.1. The molecule has 0 bridgehead atoms. The molecule has 0 radical (unpaired) electrons. The fraction of sp³-hybridized carbons (Fsp3) is 0.150. The molecule has 6 nitrogen and oxygen atoms in total. The van der Waals surface area contributed by atoms with Crippen molar-refractivity contribution in [1.82, 2.24) is 15.8 Å². The first-order chi connectivity index (χ1) is 13.0. The van der Waals surface area contributed by atoms with Crippen LogP contribution in [0.5, 0.6) is 5.75 Å². The number of ether oxygens (including phenoxy) is 1. The Kier molecular flexibility index (Phi) is 5.83. The normalized spacial score (nSPS) is 10.9. The van der Waals surface area contributed by atoms with E-state index in [0.29, 0.717) is 5.75 Å². The van der Waals surface area contributed by atoms with Crippen molar-refractivity contribution in [3.8, 4) is 5.75 Å². The molecule has 138 valence electrons. The summed E-state index contributed by atoms with van der Waals surface area (Å²) in [6, 6.07) is 13.5. The number of hydrazine groups is 1. The fourth-order valence-electron chi connectivity index (χ4n) is 2.32. The number of nitrogens with zero attached hydrogens (tertiary/aromatic N) is 1. The molecule has 3 aromatic rings. The monoisotopic (exact) mass is 381 g/mol. The maximum atomic E-state index is 11.8. The summed E-state index contributed by atoms with van der Waals surface area (Å²) in [5.74, 6) is -0.251. The molecule has 0 fully saturated rings. The van der Waals surface area contributed by atoms with Crippen LogP contribution in [0, 0.1) is 13.8 Å². The van der Waals surface area contributed by atoms with E-state index >= 15 is 0 Å². The van der Waals surface area contributed by atoms with E-state index in [0.717, 1.165) is 26.4 Å². The predicted octanol–water partition coefficient (Wildman–Crippen LogP) is 3.15. The van der Waals surface area contributed by atoms with Gasteiger partial charge in [-0.2, -0.15) is 0 Å². The number of rotatable bonds is 5. The number of thiazole rings is 1. The Bertz CT molecular complexity index is 978. The first-order valence-corrected chi connectivity index (χ1v) is 9.15. The predicted molar refractivity (Wildman–Crippen MR) is 106 cm³/mol. The molecular formula is C20H19N3O3S. The van der Waals surface area contributed by atoms with Crippen LogP contribution in [-0.4, -0.2) is 23.4 Å². The van der Waals surface area contributed by atoms with E-state index in [2.05, 4.69) is 15.8 Å². The molecule has 0 aliphatic rings. The summed E-state index contributed by atoms with van der Waals surface area (Å²) in [7, 11) is 0. The van der Waals surface area contributed by atoms with Crippen molar-refractivity contribution in [3.63, 3.8) is 0 Å². The van der Waals surface area contributed by atoms with E-state index < -0.39 is 11.8 Å². The van der Waals surface area contributed by atoms with E-state index in [1.165, 1.54) is 17.4 Å². The van der Waals surface area contributed by atoms with Gasteiger partial charge in [-0.1, -0.05) is 24.3 Å². The molecule has 0 saturated heterocycles. The number of nitrogens with one attached hydrogen (secondary N) is 2. The lowest BCUT2D eigenvalue weighted by Gasteiger charge is -2.10. The Hall–Kier alpha value is -3.19. The van der Waals surface area contributed by atoms with Gasteiger partial charge in [0, 0.05) is 6.08 Å². The summed E-state index contributed by atoms with van der Waals surface area (Å²) in [5, 5.41) is 0.718. The van der Waals surface area contributed by atoms with E-state index in [9.17, 15) is 9.59 Å². The zero-order valence-electron chi connectivity index (χ0n) is 15.0. The average molecular weight is 381 g/mol. The largest absolute Gasteiger partial charge is 0.483 e. The number of para-hydroxylation sites is 1. The Balaban J connectivity index is 1.46. The number of benzene rings is 2. The fourth-order valence-corrected chi connectivity index (χ4v) is 3.19. The smallest absolute Gasteiger partial charge is 0.276 e. The molecule has 0 saturated carbocycles. The van der Waals surface area contributed by atoms with Crippen molar-refractivity contribution < 1.29 is 14.3 Å². The Morgan fingerprint density at radius 1 is 1.15 bits per heavy atom. The highest BCUT2D eigenvalue weighted by Gasteiger charge is 2.06. The van der Waals surface area contributed by atoms with E-state index in [1.54, 1.807) is 6.08 Å². The van der Waals surface area contributed by atoms with Gasteiger partial charge in [0.25, 0.3) is 11.8 Å². The van der Waals surface area contributed by atoms with Gasteiger partial charge in [-0.15, -0.1) is 11.3 Å². The molecule has 0 spiro atoms. The summed E-state index contributed by atoms with van der Waals surface area (Å²) < 4.78 is 6.54. The lowest BCUT2D eigenvalue weighted by Crippen LogP contribution is -2.43. The molecule has 7 heteroatoms. The zero-order valence-corrected chi connectivity index (χ0v) is 15.8. The third-order valence-corrected chi connectivity index (χ3v) is 4.72. The van der Waals surface area contributed by atoms with Crippen molar-refractivity contribution in [1.29, 1.82) is 0 Å². The zero-order chi connectivity index (χ0) is 19.2. The van der Waals surface area contributed by atoms with Gasteiger partial charge in [0.15, 0.2) is 6.61 Å². The standard InChI is InChI=1S/C20H19N3O3S/c1-13-7-8-14(2)16(11-13)26-12-19(25)23-22-18(24)9-10-20-21-15-5-3-4-6-17(15)27-20/h3-11H,12H2,1-2H3,(H,22,24)(H,23,25)/b10-9+. The molecule has 1 aromatic heterocycles. The quantitative estimate of drug-likeness (QED) is 0.526. The van der Waals surface area contributed by atoms with Crippen LogP contribution in [0.3, 0.4) is 0 Å². The third-order valence-electron chi connectivity index (χ3n) is 3.72. The van der Waals surface area contributed by atoms with E-state index in [-0.39, 0.29) is 6.61 Å². The molecule has 0 atom stereocenters. The van der Waals surface area contributed by atoms with Crippen LogP contribution in [0.15, 0.2) is 48.5 Å². The Morgan fingerprint density at radius 3 is 2.78 bits per heavy atom. The SMILES string of the molecule is Cc1ccc(C)c(OCC(=O)NNC(=O)/C=C/c2nc3ccccc3s2)c1. The molecule has 2 aromatic carbocycles. The van der Waals surface area contributed by atoms with Crippen LogP contribution < -0.4 is 15.6 Å².